The summed E-state index contributed by atoms with van der Waals surface area (Å²) in [4.78, 5) is 17.3. The first kappa shape index (κ1) is 25.0. The highest BCUT2D eigenvalue weighted by molar-refractivity contribution is 5.97. The largest absolute Gasteiger partial charge is 0.495 e. The molecule has 0 bridgehead atoms. The Morgan fingerprint density at radius 3 is 2.12 bits per heavy atom. The second kappa shape index (κ2) is 13.8. The molecule has 0 atom stereocenters. The monoisotopic (exact) mass is 452 g/mol. The molecule has 33 heavy (non-hydrogen) atoms. The second-order valence-electron chi connectivity index (χ2n) is 9.28. The predicted molar refractivity (Wildman–Crippen MR) is 133 cm³/mol. The Morgan fingerprint density at radius 1 is 0.970 bits per heavy atom. The average molecular weight is 453 g/mol. The summed E-state index contributed by atoms with van der Waals surface area (Å²) >= 11 is 0. The van der Waals surface area contributed by atoms with Crippen molar-refractivity contribution in [1.82, 2.24) is 10.2 Å². The number of amides is 1. The van der Waals surface area contributed by atoms with Crippen LogP contribution < -0.4 is 15.0 Å². The summed E-state index contributed by atoms with van der Waals surface area (Å²) in [5.41, 5.74) is 1.30. The van der Waals surface area contributed by atoms with Crippen LogP contribution in [0.3, 0.4) is 0 Å². The van der Waals surface area contributed by atoms with Gasteiger partial charge in [0.15, 0.2) is 0 Å². The number of rotatable bonds is 5. The molecule has 2 fully saturated rings. The fraction of sp³-hybridized carbons (Fsp3) is 0.630. The molecule has 1 N–H and O–H groups in total. The highest BCUT2D eigenvalue weighted by atomic mass is 16.5. The molecule has 0 spiro atoms. The zero-order valence-corrected chi connectivity index (χ0v) is 20.2. The normalized spacial score (nSPS) is 19.7. The molecule has 6 nitrogen and oxygen atoms in total. The zero-order valence-electron chi connectivity index (χ0n) is 20.2. The van der Waals surface area contributed by atoms with Crippen LogP contribution in [0.25, 0.3) is 0 Å². The lowest BCUT2D eigenvalue weighted by Crippen LogP contribution is -2.45. The van der Waals surface area contributed by atoms with E-state index >= 15 is 0 Å². The summed E-state index contributed by atoms with van der Waals surface area (Å²) in [7, 11) is 1.69. The minimum atomic E-state index is -0.221. The van der Waals surface area contributed by atoms with Crippen LogP contribution in [-0.2, 0) is 4.79 Å². The number of methoxy groups -OCH3 is 1. The van der Waals surface area contributed by atoms with Gasteiger partial charge in [-0.15, -0.1) is 0 Å². The molecule has 1 aromatic carbocycles. The van der Waals surface area contributed by atoms with Crippen molar-refractivity contribution in [2.75, 3.05) is 38.2 Å². The first-order valence-corrected chi connectivity index (χ1v) is 12.8. The van der Waals surface area contributed by atoms with Gasteiger partial charge in [0.2, 0.25) is 0 Å². The van der Waals surface area contributed by atoms with E-state index in [1.54, 1.807) is 13.3 Å². The van der Waals surface area contributed by atoms with E-state index in [0.29, 0.717) is 0 Å². The quantitative estimate of drug-likeness (QED) is 0.502. The molecule has 0 aromatic heterocycles. The van der Waals surface area contributed by atoms with Crippen molar-refractivity contribution in [2.24, 2.45) is 0 Å². The van der Waals surface area contributed by atoms with Gasteiger partial charge < -0.3 is 19.9 Å². The average Bonchev–Trinajstić information content (AvgIpc) is 2.84. The lowest BCUT2D eigenvalue weighted by molar-refractivity contribution is -0.118. The minimum Gasteiger partial charge on any atom is -0.495 e. The second-order valence-corrected chi connectivity index (χ2v) is 9.28. The summed E-state index contributed by atoms with van der Waals surface area (Å²) in [5, 5.41) is 12.9. The summed E-state index contributed by atoms with van der Waals surface area (Å²) in [6.45, 7) is 3.17. The highest BCUT2D eigenvalue weighted by Crippen LogP contribution is 2.28. The maximum Gasteiger partial charge on any atom is 0.263 e. The molecule has 1 saturated carbocycles. The number of para-hydroxylation sites is 2. The van der Waals surface area contributed by atoms with E-state index in [1.807, 2.05) is 18.2 Å². The minimum absolute atomic E-state index is 0.177. The van der Waals surface area contributed by atoms with Gasteiger partial charge in [-0.25, -0.2) is 0 Å². The maximum atomic E-state index is 12.9. The van der Waals surface area contributed by atoms with Crippen molar-refractivity contribution in [1.29, 1.82) is 5.26 Å². The fourth-order valence-electron chi connectivity index (χ4n) is 4.87. The summed E-state index contributed by atoms with van der Waals surface area (Å²) in [5.74, 6) is 0.650. The number of hydrogen-bond acceptors (Lipinski definition) is 5. The van der Waals surface area contributed by atoms with Gasteiger partial charge in [0.1, 0.15) is 17.4 Å². The van der Waals surface area contributed by atoms with E-state index in [2.05, 4.69) is 27.3 Å². The van der Waals surface area contributed by atoms with E-state index in [9.17, 15) is 10.1 Å². The molecule has 180 valence electrons. The summed E-state index contributed by atoms with van der Waals surface area (Å²) in [6.07, 6.45) is 15.2. The van der Waals surface area contributed by atoms with Crippen molar-refractivity contribution in [3.63, 3.8) is 0 Å². The van der Waals surface area contributed by atoms with Gasteiger partial charge in [0.05, 0.1) is 12.8 Å². The molecule has 1 heterocycles. The lowest BCUT2D eigenvalue weighted by atomic mass is 9.97. The standard InChI is InChI=1S/C27H40N4O2/c1-33-26-16-12-11-15-25(26)31-19-17-30(18-20-31)22-23(21-28)27(32)29-24-13-9-7-5-3-2-4-6-8-10-14-24/h11-12,15-16,22,24H,2-10,13-14,17-20H2,1H3,(H,29,32)/b23-22-. The number of carbonyl (C=O) groups is 1. The van der Waals surface area contributed by atoms with E-state index in [1.165, 1.54) is 44.9 Å². The molecule has 1 aliphatic carbocycles. The van der Waals surface area contributed by atoms with Crippen LogP contribution in [0.15, 0.2) is 36.0 Å². The third-order valence-corrected chi connectivity index (χ3v) is 6.86. The first-order chi connectivity index (χ1) is 16.2. The van der Waals surface area contributed by atoms with Gasteiger partial charge in [-0.05, 0) is 25.0 Å². The zero-order chi connectivity index (χ0) is 23.3. The van der Waals surface area contributed by atoms with E-state index in [0.717, 1.165) is 63.3 Å². The van der Waals surface area contributed by atoms with Crippen molar-refractivity contribution >= 4 is 11.6 Å². The third kappa shape index (κ3) is 7.99. The Hall–Kier alpha value is -2.68. The molecule has 0 radical (unpaired) electrons. The molecular formula is C27H40N4O2. The van der Waals surface area contributed by atoms with Crippen LogP contribution in [-0.4, -0.2) is 50.1 Å². The number of benzene rings is 1. The van der Waals surface area contributed by atoms with Crippen LogP contribution in [0.2, 0.25) is 0 Å². The molecule has 2 aliphatic rings. The topological polar surface area (TPSA) is 68.6 Å². The Labute approximate surface area is 199 Å². The van der Waals surface area contributed by atoms with Gasteiger partial charge in [-0.3, -0.25) is 4.79 Å². The van der Waals surface area contributed by atoms with E-state index < -0.39 is 0 Å². The Balaban J connectivity index is 1.53. The molecule has 1 aromatic rings. The molecule has 1 amide bonds. The van der Waals surface area contributed by atoms with Crippen LogP contribution >= 0.6 is 0 Å². The maximum absolute atomic E-state index is 12.9. The van der Waals surface area contributed by atoms with Gasteiger partial charge in [-0.2, -0.15) is 5.26 Å². The van der Waals surface area contributed by atoms with Crippen LogP contribution in [0.1, 0.15) is 70.6 Å². The SMILES string of the molecule is COc1ccccc1N1CCN(/C=C(/C#N)C(=O)NC2CCCCCCCCCCC2)CC1. The fourth-order valence-corrected chi connectivity index (χ4v) is 4.87. The number of nitriles is 1. The van der Waals surface area contributed by atoms with E-state index in [-0.39, 0.29) is 17.5 Å². The third-order valence-electron chi connectivity index (χ3n) is 6.86. The van der Waals surface area contributed by atoms with Gasteiger partial charge in [0.25, 0.3) is 5.91 Å². The Morgan fingerprint density at radius 2 is 1.55 bits per heavy atom. The Bertz CT molecular complexity index is 797. The summed E-state index contributed by atoms with van der Waals surface area (Å²) < 4.78 is 5.49. The van der Waals surface area contributed by atoms with Crippen molar-refractivity contribution in [3.05, 3.63) is 36.0 Å². The molecule has 6 heteroatoms. The number of piperazine rings is 1. The highest BCUT2D eigenvalue weighted by Gasteiger charge is 2.21. The van der Waals surface area contributed by atoms with Crippen molar-refractivity contribution in [3.8, 4) is 11.8 Å². The molecule has 1 saturated heterocycles. The number of ether oxygens (including phenoxy) is 1. The number of nitrogens with zero attached hydrogens (tertiary/aromatic N) is 3. The number of anilines is 1. The number of carbonyl (C=O) groups excluding carboxylic acids is 1. The predicted octanol–water partition coefficient (Wildman–Crippen LogP) is 5.01. The van der Waals surface area contributed by atoms with Crippen LogP contribution in [0.4, 0.5) is 5.69 Å². The molecule has 0 unspecified atom stereocenters. The lowest BCUT2D eigenvalue weighted by Gasteiger charge is -2.36. The van der Waals surface area contributed by atoms with Crippen molar-refractivity contribution in [2.45, 2.75) is 76.7 Å². The van der Waals surface area contributed by atoms with Gasteiger partial charge in [0, 0.05) is 38.4 Å². The summed E-state index contributed by atoms with van der Waals surface area (Å²) in [6, 6.07) is 10.4. The Kier molecular flexibility index (Phi) is 10.4. The van der Waals surface area contributed by atoms with Crippen molar-refractivity contribution < 1.29 is 9.53 Å². The van der Waals surface area contributed by atoms with E-state index in [4.69, 9.17) is 4.74 Å². The smallest absolute Gasteiger partial charge is 0.263 e. The number of hydrogen-bond donors (Lipinski definition) is 1. The van der Waals surface area contributed by atoms with Gasteiger partial charge >= 0.3 is 0 Å². The first-order valence-electron chi connectivity index (χ1n) is 12.8. The van der Waals surface area contributed by atoms with Gasteiger partial charge in [-0.1, -0.05) is 69.9 Å². The molecule has 3 rings (SSSR count). The molecule has 1 aliphatic heterocycles. The van der Waals surface area contributed by atoms with Crippen LogP contribution in [0.5, 0.6) is 5.75 Å². The number of nitrogens with one attached hydrogen (secondary N) is 1. The molecular weight excluding hydrogens is 412 g/mol. The van der Waals surface area contributed by atoms with Crippen LogP contribution in [0, 0.1) is 11.3 Å².